The predicted molar refractivity (Wildman–Crippen MR) is 210 cm³/mol. The first-order valence-electron chi connectivity index (χ1n) is 17.0. The van der Waals surface area contributed by atoms with Crippen molar-refractivity contribution in [2.24, 2.45) is 0 Å². The Morgan fingerprint density at radius 3 is 1.30 bits per heavy atom. The molecular formula is C48H32N2. The number of hydrogen-bond donors (Lipinski definition) is 0. The molecular weight excluding hydrogens is 605 g/mol. The van der Waals surface area contributed by atoms with Crippen LogP contribution in [-0.2, 0) is 0 Å². The van der Waals surface area contributed by atoms with Crippen molar-refractivity contribution in [1.82, 2.24) is 9.97 Å². The van der Waals surface area contributed by atoms with Crippen molar-refractivity contribution in [2.45, 2.75) is 0 Å². The molecule has 0 aliphatic heterocycles. The quantitative estimate of drug-likeness (QED) is 0.170. The van der Waals surface area contributed by atoms with Gasteiger partial charge in [-0.15, -0.1) is 0 Å². The molecule has 2 heterocycles. The predicted octanol–water partition coefficient (Wildman–Crippen LogP) is 12.8. The lowest BCUT2D eigenvalue weighted by molar-refractivity contribution is 1.33. The van der Waals surface area contributed by atoms with Crippen molar-refractivity contribution in [3.63, 3.8) is 0 Å². The molecule has 0 saturated carbocycles. The van der Waals surface area contributed by atoms with Crippen LogP contribution in [0.3, 0.4) is 0 Å². The summed E-state index contributed by atoms with van der Waals surface area (Å²) in [4.78, 5) is 9.71. The largest absolute Gasteiger partial charge is 0.264 e. The molecule has 0 saturated heterocycles. The van der Waals surface area contributed by atoms with Crippen LogP contribution in [0, 0.1) is 0 Å². The van der Waals surface area contributed by atoms with E-state index in [0.29, 0.717) is 0 Å². The van der Waals surface area contributed by atoms with Crippen LogP contribution >= 0.6 is 0 Å². The number of nitrogens with zero attached hydrogens (tertiary/aromatic N) is 2. The fourth-order valence-electron chi connectivity index (χ4n) is 6.99. The van der Waals surface area contributed by atoms with Gasteiger partial charge in [-0.05, 0) is 79.2 Å². The van der Waals surface area contributed by atoms with Gasteiger partial charge < -0.3 is 0 Å². The van der Waals surface area contributed by atoms with Crippen LogP contribution in [-0.4, -0.2) is 9.97 Å². The van der Waals surface area contributed by atoms with E-state index in [2.05, 4.69) is 181 Å². The zero-order valence-electron chi connectivity index (χ0n) is 27.4. The Balaban J connectivity index is 1.24. The SMILES string of the molecule is c1ccc(-c2ccc(-c3cc4c(-c5ccc(-c6ccccc6)cc5)cc(-c5ccc(-c6cccnc6)cc5)nc4c4ccccc34)cc2)cc1. The minimum absolute atomic E-state index is 0.947. The molecule has 2 aromatic heterocycles. The lowest BCUT2D eigenvalue weighted by Crippen LogP contribution is -1.93. The Hall–Kier alpha value is -6.64. The van der Waals surface area contributed by atoms with Gasteiger partial charge in [0.1, 0.15) is 0 Å². The number of aromatic nitrogens is 2. The lowest BCUT2D eigenvalue weighted by Gasteiger charge is -2.16. The van der Waals surface area contributed by atoms with E-state index in [1.54, 1.807) is 6.20 Å². The van der Waals surface area contributed by atoms with Gasteiger partial charge >= 0.3 is 0 Å². The van der Waals surface area contributed by atoms with Gasteiger partial charge in [-0.25, -0.2) is 4.98 Å². The summed E-state index contributed by atoms with van der Waals surface area (Å²) in [5.41, 5.74) is 14.8. The van der Waals surface area contributed by atoms with Gasteiger partial charge in [0.2, 0.25) is 0 Å². The van der Waals surface area contributed by atoms with Crippen molar-refractivity contribution < 1.29 is 0 Å². The topological polar surface area (TPSA) is 25.8 Å². The van der Waals surface area contributed by atoms with E-state index in [1.165, 1.54) is 38.8 Å². The van der Waals surface area contributed by atoms with Crippen molar-refractivity contribution in [3.8, 4) is 66.9 Å². The molecule has 0 atom stereocenters. The maximum atomic E-state index is 5.40. The average Bonchev–Trinajstić information content (AvgIpc) is 3.21. The molecule has 0 amide bonds. The third-order valence-corrected chi connectivity index (χ3v) is 9.60. The second-order valence-electron chi connectivity index (χ2n) is 12.6. The summed E-state index contributed by atoms with van der Waals surface area (Å²) < 4.78 is 0. The molecule has 7 aromatic carbocycles. The van der Waals surface area contributed by atoms with Gasteiger partial charge in [0.15, 0.2) is 0 Å². The first kappa shape index (κ1) is 29.5. The summed E-state index contributed by atoms with van der Waals surface area (Å²) >= 11 is 0. The van der Waals surface area contributed by atoms with Crippen molar-refractivity contribution in [3.05, 3.63) is 194 Å². The lowest BCUT2D eigenvalue weighted by atomic mass is 9.90. The molecule has 0 aliphatic rings. The van der Waals surface area contributed by atoms with Crippen LogP contribution in [0.15, 0.2) is 194 Å². The zero-order valence-corrected chi connectivity index (χ0v) is 27.4. The molecule has 9 aromatic rings. The van der Waals surface area contributed by atoms with Crippen LogP contribution in [0.4, 0.5) is 0 Å². The molecule has 0 radical (unpaired) electrons. The Morgan fingerprint density at radius 2 is 0.740 bits per heavy atom. The van der Waals surface area contributed by atoms with E-state index < -0.39 is 0 Å². The van der Waals surface area contributed by atoms with E-state index >= 15 is 0 Å². The highest BCUT2D eigenvalue weighted by Gasteiger charge is 2.16. The fraction of sp³-hybridized carbons (Fsp3) is 0. The van der Waals surface area contributed by atoms with Gasteiger partial charge in [-0.2, -0.15) is 0 Å². The summed E-state index contributed by atoms with van der Waals surface area (Å²) in [6, 6.07) is 65.0. The summed E-state index contributed by atoms with van der Waals surface area (Å²) in [7, 11) is 0. The Morgan fingerprint density at radius 1 is 0.300 bits per heavy atom. The third kappa shape index (κ3) is 5.53. The van der Waals surface area contributed by atoms with Gasteiger partial charge in [0, 0.05) is 28.7 Å². The maximum Gasteiger partial charge on any atom is 0.0794 e. The minimum Gasteiger partial charge on any atom is -0.264 e. The molecule has 0 bridgehead atoms. The Labute approximate surface area is 292 Å². The van der Waals surface area contributed by atoms with E-state index in [9.17, 15) is 0 Å². The summed E-state index contributed by atoms with van der Waals surface area (Å²) in [6.07, 6.45) is 3.71. The molecule has 0 fully saturated rings. The van der Waals surface area contributed by atoms with Crippen LogP contribution < -0.4 is 0 Å². The van der Waals surface area contributed by atoms with E-state index in [0.717, 1.165) is 49.8 Å². The van der Waals surface area contributed by atoms with Gasteiger partial charge in [0.25, 0.3) is 0 Å². The van der Waals surface area contributed by atoms with Crippen LogP contribution in [0.1, 0.15) is 0 Å². The molecule has 2 nitrogen and oxygen atoms in total. The molecule has 0 spiro atoms. The highest BCUT2D eigenvalue weighted by molar-refractivity contribution is 6.16. The molecule has 50 heavy (non-hydrogen) atoms. The van der Waals surface area contributed by atoms with Crippen molar-refractivity contribution in [2.75, 3.05) is 0 Å². The average molecular weight is 637 g/mol. The second kappa shape index (κ2) is 12.8. The summed E-state index contributed by atoms with van der Waals surface area (Å²) in [6.45, 7) is 0. The second-order valence-corrected chi connectivity index (χ2v) is 12.6. The molecule has 2 heteroatoms. The van der Waals surface area contributed by atoms with Crippen LogP contribution in [0.25, 0.3) is 88.6 Å². The fourth-order valence-corrected chi connectivity index (χ4v) is 6.99. The minimum atomic E-state index is 0.947. The summed E-state index contributed by atoms with van der Waals surface area (Å²) in [5.74, 6) is 0. The number of pyridine rings is 2. The zero-order chi connectivity index (χ0) is 33.3. The highest BCUT2D eigenvalue weighted by Crippen LogP contribution is 2.41. The number of benzene rings is 7. The van der Waals surface area contributed by atoms with Crippen LogP contribution in [0.2, 0.25) is 0 Å². The van der Waals surface area contributed by atoms with Gasteiger partial charge in [0.05, 0.1) is 11.2 Å². The maximum absolute atomic E-state index is 5.40. The highest BCUT2D eigenvalue weighted by atomic mass is 14.7. The number of fused-ring (bicyclic) bond motifs is 3. The normalized spacial score (nSPS) is 11.2. The number of hydrogen-bond acceptors (Lipinski definition) is 2. The first-order chi connectivity index (χ1) is 24.8. The smallest absolute Gasteiger partial charge is 0.0794 e. The van der Waals surface area contributed by atoms with Crippen molar-refractivity contribution in [1.29, 1.82) is 0 Å². The molecule has 0 N–H and O–H groups in total. The Bertz CT molecular complexity index is 2580. The molecule has 0 unspecified atom stereocenters. The monoisotopic (exact) mass is 636 g/mol. The Kier molecular flexibility index (Phi) is 7.53. The first-order valence-corrected chi connectivity index (χ1v) is 17.0. The van der Waals surface area contributed by atoms with Gasteiger partial charge in [-0.3, -0.25) is 4.98 Å². The molecule has 234 valence electrons. The van der Waals surface area contributed by atoms with Gasteiger partial charge in [-0.1, -0.05) is 164 Å². The standard InChI is InChI=1S/C48H32N2/c1-3-10-33(11-4-1)35-17-23-38(24-18-35)44-30-46-45(39-25-19-36(20-26-39)34-12-5-2-6-13-34)31-47(50-48(46)43-16-8-7-15-42(43)44)40-27-21-37(22-28-40)41-14-9-29-49-32-41/h1-32H. The van der Waals surface area contributed by atoms with E-state index in [4.69, 9.17) is 4.98 Å². The van der Waals surface area contributed by atoms with E-state index in [1.807, 2.05) is 12.3 Å². The molecule has 0 aliphatic carbocycles. The van der Waals surface area contributed by atoms with E-state index in [-0.39, 0.29) is 0 Å². The molecule has 9 rings (SSSR count). The van der Waals surface area contributed by atoms with Crippen molar-refractivity contribution >= 4 is 21.7 Å². The van der Waals surface area contributed by atoms with Crippen LogP contribution in [0.5, 0.6) is 0 Å². The third-order valence-electron chi connectivity index (χ3n) is 9.60. The number of rotatable bonds is 6. The summed E-state index contributed by atoms with van der Waals surface area (Å²) in [5, 5.41) is 3.46.